The third-order valence-electron chi connectivity index (χ3n) is 2.55. The smallest absolute Gasteiger partial charge is 0.146 e. The lowest BCUT2D eigenvalue weighted by molar-refractivity contribution is 0.237. The van der Waals surface area contributed by atoms with Gasteiger partial charge in [0.2, 0.25) is 0 Å². The van der Waals surface area contributed by atoms with Crippen molar-refractivity contribution in [2.75, 3.05) is 25.1 Å². The van der Waals surface area contributed by atoms with Crippen LogP contribution >= 0.6 is 0 Å². The molecule has 0 aliphatic heterocycles. The number of anilines is 1. The average Bonchev–Trinajstić information content (AvgIpc) is 2.27. The molecule has 1 unspecified atom stereocenters. The van der Waals surface area contributed by atoms with Crippen molar-refractivity contribution in [3.63, 3.8) is 0 Å². The normalized spacial score (nSPS) is 12.8. The van der Waals surface area contributed by atoms with Crippen LogP contribution in [-0.2, 0) is 0 Å². The van der Waals surface area contributed by atoms with Crippen molar-refractivity contribution in [2.45, 2.75) is 25.9 Å². The van der Waals surface area contributed by atoms with Crippen LogP contribution in [0, 0.1) is 5.82 Å². The molecule has 1 rings (SSSR count). The van der Waals surface area contributed by atoms with Gasteiger partial charge in [0, 0.05) is 25.7 Å². The van der Waals surface area contributed by atoms with Crippen LogP contribution in [0.3, 0.4) is 0 Å². The van der Waals surface area contributed by atoms with E-state index in [9.17, 15) is 9.50 Å². The second kappa shape index (κ2) is 6.57. The Morgan fingerprint density at radius 2 is 2.00 bits per heavy atom. The molecule has 0 spiro atoms. The fourth-order valence-electron chi connectivity index (χ4n) is 1.82. The molecule has 3 nitrogen and oxygen atoms in total. The predicted octanol–water partition coefficient (Wildman–Crippen LogP) is 1.62. The van der Waals surface area contributed by atoms with Crippen LogP contribution in [0.4, 0.5) is 10.1 Å². The van der Waals surface area contributed by atoms with Gasteiger partial charge in [-0.2, -0.15) is 0 Å². The molecule has 0 bridgehead atoms. The van der Waals surface area contributed by atoms with Crippen molar-refractivity contribution in [1.29, 1.82) is 0 Å². The van der Waals surface area contributed by atoms with Gasteiger partial charge in [0.25, 0.3) is 0 Å². The molecule has 1 atom stereocenters. The second-order valence-electron chi connectivity index (χ2n) is 4.53. The zero-order valence-corrected chi connectivity index (χ0v) is 10.7. The predicted molar refractivity (Wildman–Crippen MR) is 68.8 cm³/mol. The minimum absolute atomic E-state index is 0.0387. The summed E-state index contributed by atoms with van der Waals surface area (Å²) >= 11 is 0. The Morgan fingerprint density at radius 3 is 2.53 bits per heavy atom. The summed E-state index contributed by atoms with van der Waals surface area (Å²) in [5.74, 6) is -0.240. The molecule has 1 aromatic rings. The van der Waals surface area contributed by atoms with Crippen LogP contribution in [0.1, 0.15) is 13.8 Å². The fraction of sp³-hybridized carbons (Fsp3) is 0.538. The van der Waals surface area contributed by atoms with Gasteiger partial charge in [0.1, 0.15) is 5.82 Å². The lowest BCUT2D eigenvalue weighted by Crippen LogP contribution is -2.45. The van der Waals surface area contributed by atoms with Crippen molar-refractivity contribution in [2.24, 2.45) is 0 Å². The van der Waals surface area contributed by atoms with E-state index in [0.717, 1.165) is 0 Å². The monoisotopic (exact) mass is 240 g/mol. The van der Waals surface area contributed by atoms with Gasteiger partial charge in [-0.25, -0.2) is 4.39 Å². The van der Waals surface area contributed by atoms with Gasteiger partial charge < -0.3 is 15.3 Å². The Balaban J connectivity index is 2.64. The summed E-state index contributed by atoms with van der Waals surface area (Å²) in [6.45, 7) is 4.64. The number of aliphatic hydroxyl groups excluding tert-OH is 1. The molecule has 0 aliphatic rings. The number of rotatable bonds is 6. The Hall–Kier alpha value is -1.13. The Morgan fingerprint density at radius 1 is 1.35 bits per heavy atom. The molecule has 0 saturated carbocycles. The lowest BCUT2D eigenvalue weighted by atomic mass is 10.2. The number of nitrogens with one attached hydrogen (secondary N) is 1. The zero-order chi connectivity index (χ0) is 12.8. The maximum atomic E-state index is 13.5. The molecule has 0 aliphatic carbocycles. The first-order valence-corrected chi connectivity index (χ1v) is 5.87. The molecule has 0 saturated heterocycles. The molecule has 0 amide bonds. The van der Waals surface area contributed by atoms with Gasteiger partial charge in [0.05, 0.1) is 12.3 Å². The van der Waals surface area contributed by atoms with E-state index in [1.165, 1.54) is 6.07 Å². The van der Waals surface area contributed by atoms with E-state index in [-0.39, 0.29) is 18.5 Å². The highest BCUT2D eigenvalue weighted by Crippen LogP contribution is 2.17. The van der Waals surface area contributed by atoms with Crippen molar-refractivity contribution in [3.8, 4) is 0 Å². The van der Waals surface area contributed by atoms with Gasteiger partial charge in [-0.3, -0.25) is 0 Å². The Kier molecular flexibility index (Phi) is 5.38. The van der Waals surface area contributed by atoms with Crippen LogP contribution in [0.5, 0.6) is 0 Å². The average molecular weight is 240 g/mol. The number of benzene rings is 1. The van der Waals surface area contributed by atoms with Crippen LogP contribution in [-0.4, -0.2) is 37.4 Å². The number of aliphatic hydroxyl groups is 1. The first-order chi connectivity index (χ1) is 8.04. The summed E-state index contributed by atoms with van der Waals surface area (Å²) in [6, 6.07) is 6.89. The second-order valence-corrected chi connectivity index (χ2v) is 4.53. The summed E-state index contributed by atoms with van der Waals surface area (Å²) < 4.78 is 13.5. The van der Waals surface area contributed by atoms with Gasteiger partial charge in [0.15, 0.2) is 0 Å². The maximum Gasteiger partial charge on any atom is 0.146 e. The SMILES string of the molecule is CC(C)NC(CO)CN(C)c1ccccc1F. The summed E-state index contributed by atoms with van der Waals surface area (Å²) in [6.07, 6.45) is 0. The van der Waals surface area contributed by atoms with Crippen molar-refractivity contribution < 1.29 is 9.50 Å². The summed E-state index contributed by atoms with van der Waals surface area (Å²) in [5, 5.41) is 12.5. The van der Waals surface area contributed by atoms with Crippen molar-refractivity contribution >= 4 is 5.69 Å². The lowest BCUT2D eigenvalue weighted by Gasteiger charge is -2.27. The maximum absolute atomic E-state index is 13.5. The highest BCUT2D eigenvalue weighted by Gasteiger charge is 2.13. The Labute approximate surface area is 102 Å². The van der Waals surface area contributed by atoms with Crippen LogP contribution in [0.2, 0.25) is 0 Å². The molecule has 1 aromatic carbocycles. The van der Waals surface area contributed by atoms with Gasteiger partial charge in [-0.1, -0.05) is 26.0 Å². The summed E-state index contributed by atoms with van der Waals surface area (Å²) in [5.41, 5.74) is 0.552. The van der Waals surface area contributed by atoms with Gasteiger partial charge >= 0.3 is 0 Å². The third-order valence-corrected chi connectivity index (χ3v) is 2.55. The number of nitrogens with zero attached hydrogens (tertiary/aromatic N) is 1. The molecule has 0 heterocycles. The molecule has 0 radical (unpaired) electrons. The summed E-state index contributed by atoms with van der Waals surface area (Å²) in [4.78, 5) is 1.81. The largest absolute Gasteiger partial charge is 0.395 e. The first kappa shape index (κ1) is 13.9. The molecule has 4 heteroatoms. The number of likely N-dealkylation sites (N-methyl/N-ethyl adjacent to an activating group) is 1. The zero-order valence-electron chi connectivity index (χ0n) is 10.7. The first-order valence-electron chi connectivity index (χ1n) is 5.87. The number of hydrogen-bond donors (Lipinski definition) is 2. The van der Waals surface area contributed by atoms with Gasteiger partial charge in [-0.05, 0) is 12.1 Å². The highest BCUT2D eigenvalue weighted by molar-refractivity contribution is 5.46. The third kappa shape index (κ3) is 4.32. The van der Waals surface area contributed by atoms with E-state index in [1.807, 2.05) is 25.8 Å². The Bertz CT molecular complexity index is 344. The fourth-order valence-corrected chi connectivity index (χ4v) is 1.82. The molecular formula is C13H21FN2O. The van der Waals surface area contributed by atoms with E-state index in [0.29, 0.717) is 18.3 Å². The van der Waals surface area contributed by atoms with Crippen LogP contribution in [0.25, 0.3) is 0 Å². The van der Waals surface area contributed by atoms with E-state index in [1.54, 1.807) is 18.2 Å². The molecule has 96 valence electrons. The van der Waals surface area contributed by atoms with E-state index in [2.05, 4.69) is 5.32 Å². The highest BCUT2D eigenvalue weighted by atomic mass is 19.1. The quantitative estimate of drug-likeness (QED) is 0.793. The van der Waals surface area contributed by atoms with Gasteiger partial charge in [-0.15, -0.1) is 0 Å². The molecule has 2 N–H and O–H groups in total. The molecule has 0 aromatic heterocycles. The van der Waals surface area contributed by atoms with Crippen LogP contribution in [0.15, 0.2) is 24.3 Å². The standard InChI is InChI=1S/C13H21FN2O/c1-10(2)15-11(9-17)8-16(3)13-7-5-4-6-12(13)14/h4-7,10-11,15,17H,8-9H2,1-3H3. The van der Waals surface area contributed by atoms with Crippen LogP contribution < -0.4 is 10.2 Å². The minimum atomic E-state index is -0.240. The van der Waals surface area contributed by atoms with E-state index in [4.69, 9.17) is 0 Å². The van der Waals surface area contributed by atoms with Crippen molar-refractivity contribution in [1.82, 2.24) is 5.32 Å². The molecule has 0 fully saturated rings. The van der Waals surface area contributed by atoms with E-state index < -0.39 is 0 Å². The number of hydrogen-bond acceptors (Lipinski definition) is 3. The van der Waals surface area contributed by atoms with Crippen molar-refractivity contribution in [3.05, 3.63) is 30.1 Å². The number of para-hydroxylation sites is 1. The van der Waals surface area contributed by atoms with E-state index >= 15 is 0 Å². The molecular weight excluding hydrogens is 219 g/mol. The minimum Gasteiger partial charge on any atom is -0.395 e. The number of halogens is 1. The topological polar surface area (TPSA) is 35.5 Å². The molecule has 17 heavy (non-hydrogen) atoms. The summed E-state index contributed by atoms with van der Waals surface area (Å²) in [7, 11) is 1.82.